The Hall–Kier alpha value is -2.02. The van der Waals surface area contributed by atoms with Gasteiger partial charge in [-0.3, -0.25) is 9.59 Å². The van der Waals surface area contributed by atoms with Gasteiger partial charge >= 0.3 is 5.97 Å². The first kappa shape index (κ1) is 19.3. The monoisotopic (exact) mass is 364 g/mol. The lowest BCUT2D eigenvalue weighted by molar-refractivity contribution is -0.137. The van der Waals surface area contributed by atoms with Crippen molar-refractivity contribution >= 4 is 29.5 Å². The standard InChI is InChI=1S/C18H24N2O4S/c1-12-7-13(2)9-20(8-12)17(22)10-24-18(23)14-5-3-4-6-15(14)25-11-16(19)21/h3-6,12-13H,7-11H2,1-2H3,(H2,19,21). The number of carbonyl (C=O) groups excluding carboxylic acids is 3. The minimum absolute atomic E-state index is 0.0762. The summed E-state index contributed by atoms with van der Waals surface area (Å²) < 4.78 is 5.20. The summed E-state index contributed by atoms with van der Waals surface area (Å²) >= 11 is 1.18. The first-order valence-electron chi connectivity index (χ1n) is 8.31. The predicted molar refractivity (Wildman–Crippen MR) is 96.2 cm³/mol. The van der Waals surface area contributed by atoms with E-state index in [1.165, 1.54) is 11.8 Å². The maximum atomic E-state index is 12.3. The first-order valence-corrected chi connectivity index (χ1v) is 9.30. The number of primary amides is 1. The zero-order valence-corrected chi connectivity index (χ0v) is 15.4. The lowest BCUT2D eigenvalue weighted by Crippen LogP contribution is -2.44. The highest BCUT2D eigenvalue weighted by molar-refractivity contribution is 8.00. The number of ether oxygens (including phenoxy) is 1. The number of likely N-dealkylation sites (tertiary alicyclic amines) is 1. The van der Waals surface area contributed by atoms with Crippen molar-refractivity contribution in [3.8, 4) is 0 Å². The Bertz CT molecular complexity index is 640. The number of amides is 2. The van der Waals surface area contributed by atoms with Crippen molar-refractivity contribution < 1.29 is 19.1 Å². The molecule has 1 aromatic rings. The van der Waals surface area contributed by atoms with Crippen LogP contribution < -0.4 is 5.73 Å². The number of thioether (sulfide) groups is 1. The van der Waals surface area contributed by atoms with Crippen LogP contribution in [-0.2, 0) is 14.3 Å². The van der Waals surface area contributed by atoms with Crippen LogP contribution in [0.1, 0.15) is 30.6 Å². The van der Waals surface area contributed by atoms with Crippen LogP contribution in [0, 0.1) is 11.8 Å². The Morgan fingerprint density at radius 3 is 2.48 bits per heavy atom. The van der Waals surface area contributed by atoms with Gasteiger partial charge in [0.15, 0.2) is 6.61 Å². The number of rotatable bonds is 6. The third-order valence-corrected chi connectivity index (χ3v) is 5.12. The second-order valence-electron chi connectivity index (χ2n) is 6.57. The number of benzene rings is 1. The Labute approximate surface area is 152 Å². The van der Waals surface area contributed by atoms with Gasteiger partial charge < -0.3 is 15.4 Å². The fourth-order valence-corrected chi connectivity index (χ4v) is 3.85. The van der Waals surface area contributed by atoms with E-state index in [2.05, 4.69) is 13.8 Å². The SMILES string of the molecule is CC1CC(C)CN(C(=O)COC(=O)c2ccccc2SCC(N)=O)C1. The molecule has 0 bridgehead atoms. The molecule has 6 nitrogen and oxygen atoms in total. The number of hydrogen-bond acceptors (Lipinski definition) is 5. The normalized spacial score (nSPS) is 20.2. The molecule has 0 aliphatic carbocycles. The molecular weight excluding hydrogens is 340 g/mol. The van der Waals surface area contributed by atoms with Gasteiger partial charge in [-0.15, -0.1) is 11.8 Å². The molecule has 2 unspecified atom stereocenters. The summed E-state index contributed by atoms with van der Waals surface area (Å²) in [4.78, 5) is 37.9. The van der Waals surface area contributed by atoms with Gasteiger partial charge in [-0.2, -0.15) is 0 Å². The Morgan fingerprint density at radius 1 is 1.20 bits per heavy atom. The third-order valence-electron chi connectivity index (χ3n) is 4.03. The first-order chi connectivity index (χ1) is 11.9. The molecule has 2 atom stereocenters. The quantitative estimate of drug-likeness (QED) is 0.615. The lowest BCUT2D eigenvalue weighted by Gasteiger charge is -2.34. The highest BCUT2D eigenvalue weighted by Crippen LogP contribution is 2.24. The summed E-state index contributed by atoms with van der Waals surface area (Å²) in [6.07, 6.45) is 1.11. The molecule has 1 aromatic carbocycles. The van der Waals surface area contributed by atoms with Gasteiger partial charge in [-0.1, -0.05) is 26.0 Å². The maximum Gasteiger partial charge on any atom is 0.339 e. The minimum atomic E-state index is -0.570. The molecule has 0 radical (unpaired) electrons. The summed E-state index contributed by atoms with van der Waals surface area (Å²) in [6.45, 7) is 5.37. The van der Waals surface area contributed by atoms with Crippen molar-refractivity contribution in [1.82, 2.24) is 4.90 Å². The average Bonchev–Trinajstić information content (AvgIpc) is 2.56. The second kappa shape index (κ2) is 8.89. The molecular formula is C18H24N2O4S. The predicted octanol–water partition coefficient (Wildman–Crippen LogP) is 1.93. The molecule has 25 heavy (non-hydrogen) atoms. The lowest BCUT2D eigenvalue weighted by atomic mass is 9.92. The number of carbonyl (C=O) groups is 3. The molecule has 2 rings (SSSR count). The molecule has 0 aromatic heterocycles. The van der Waals surface area contributed by atoms with Crippen molar-refractivity contribution in [2.75, 3.05) is 25.4 Å². The van der Waals surface area contributed by atoms with Crippen molar-refractivity contribution in [1.29, 1.82) is 0 Å². The largest absolute Gasteiger partial charge is 0.452 e. The van der Waals surface area contributed by atoms with E-state index in [9.17, 15) is 14.4 Å². The number of nitrogens with zero attached hydrogens (tertiary/aromatic N) is 1. The number of hydrogen-bond donors (Lipinski definition) is 1. The average molecular weight is 364 g/mol. The molecule has 136 valence electrons. The maximum absolute atomic E-state index is 12.3. The molecule has 1 heterocycles. The second-order valence-corrected chi connectivity index (χ2v) is 7.59. The van der Waals surface area contributed by atoms with E-state index in [1.807, 2.05) is 0 Å². The van der Waals surface area contributed by atoms with Crippen LogP contribution in [0.3, 0.4) is 0 Å². The van der Waals surface area contributed by atoms with Gasteiger partial charge in [0.25, 0.3) is 5.91 Å². The van der Waals surface area contributed by atoms with Crippen molar-refractivity contribution in [3.05, 3.63) is 29.8 Å². The zero-order chi connectivity index (χ0) is 18.4. The topological polar surface area (TPSA) is 89.7 Å². The van der Waals surface area contributed by atoms with Crippen molar-refractivity contribution in [2.24, 2.45) is 17.6 Å². The fourth-order valence-electron chi connectivity index (χ4n) is 3.07. The van der Waals surface area contributed by atoms with Gasteiger partial charge in [0, 0.05) is 18.0 Å². The van der Waals surface area contributed by atoms with Crippen LogP contribution in [-0.4, -0.2) is 48.1 Å². The van der Waals surface area contributed by atoms with E-state index in [-0.39, 0.29) is 18.3 Å². The van der Waals surface area contributed by atoms with Gasteiger partial charge in [0.2, 0.25) is 5.91 Å². The van der Waals surface area contributed by atoms with Gasteiger partial charge in [-0.25, -0.2) is 4.79 Å². The molecule has 1 fully saturated rings. The van der Waals surface area contributed by atoms with E-state index >= 15 is 0 Å². The number of piperidine rings is 1. The van der Waals surface area contributed by atoms with E-state index in [0.29, 0.717) is 35.4 Å². The summed E-state index contributed by atoms with van der Waals surface area (Å²) in [5.41, 5.74) is 5.48. The van der Waals surface area contributed by atoms with Crippen LogP contribution in [0.2, 0.25) is 0 Å². The zero-order valence-electron chi connectivity index (χ0n) is 14.6. The molecule has 1 saturated heterocycles. The number of nitrogens with two attached hydrogens (primary N) is 1. The van der Waals surface area contributed by atoms with Crippen LogP contribution in [0.4, 0.5) is 0 Å². The molecule has 2 N–H and O–H groups in total. The van der Waals surface area contributed by atoms with Crippen LogP contribution in [0.15, 0.2) is 29.2 Å². The van der Waals surface area contributed by atoms with Crippen LogP contribution in [0.5, 0.6) is 0 Å². The number of esters is 1. The molecule has 2 amide bonds. The van der Waals surface area contributed by atoms with E-state index in [4.69, 9.17) is 10.5 Å². The van der Waals surface area contributed by atoms with Crippen molar-refractivity contribution in [2.45, 2.75) is 25.2 Å². The van der Waals surface area contributed by atoms with E-state index in [0.717, 1.165) is 6.42 Å². The van der Waals surface area contributed by atoms with Gasteiger partial charge in [-0.05, 0) is 30.4 Å². The van der Waals surface area contributed by atoms with Crippen LogP contribution >= 0.6 is 11.8 Å². The summed E-state index contributed by atoms with van der Waals surface area (Å²) in [6, 6.07) is 6.81. The highest BCUT2D eigenvalue weighted by atomic mass is 32.2. The Balaban J connectivity index is 1.94. The van der Waals surface area contributed by atoms with Gasteiger partial charge in [0.1, 0.15) is 0 Å². The Kier molecular flexibility index (Phi) is 6.87. The summed E-state index contributed by atoms with van der Waals surface area (Å²) in [7, 11) is 0. The summed E-state index contributed by atoms with van der Waals surface area (Å²) in [5, 5.41) is 0. The van der Waals surface area contributed by atoms with Crippen molar-refractivity contribution in [3.63, 3.8) is 0 Å². The van der Waals surface area contributed by atoms with Gasteiger partial charge in [0.05, 0.1) is 11.3 Å². The molecule has 7 heteroatoms. The van der Waals surface area contributed by atoms with E-state index in [1.54, 1.807) is 29.2 Å². The smallest absolute Gasteiger partial charge is 0.339 e. The Morgan fingerprint density at radius 2 is 1.84 bits per heavy atom. The van der Waals surface area contributed by atoms with Crippen LogP contribution in [0.25, 0.3) is 0 Å². The molecule has 1 aliphatic rings. The third kappa shape index (κ3) is 5.77. The minimum Gasteiger partial charge on any atom is -0.452 e. The molecule has 0 saturated carbocycles. The molecule has 1 aliphatic heterocycles. The fraction of sp³-hybridized carbons (Fsp3) is 0.500. The highest BCUT2D eigenvalue weighted by Gasteiger charge is 2.26. The van der Waals surface area contributed by atoms with E-state index < -0.39 is 11.9 Å². The summed E-state index contributed by atoms with van der Waals surface area (Å²) in [5.74, 6) is -0.222. The molecule has 0 spiro atoms.